The Morgan fingerprint density at radius 3 is 2.67 bits per heavy atom. The molecular formula is C17H19N5OS. The van der Waals surface area contributed by atoms with Gasteiger partial charge in [-0.15, -0.1) is 16.4 Å². The largest absolute Gasteiger partial charge is 0.344 e. The van der Waals surface area contributed by atoms with Crippen LogP contribution in [0.4, 0.5) is 0 Å². The molecule has 124 valence electrons. The van der Waals surface area contributed by atoms with Crippen molar-refractivity contribution in [1.82, 2.24) is 25.3 Å². The second-order valence-electron chi connectivity index (χ2n) is 5.78. The summed E-state index contributed by atoms with van der Waals surface area (Å²) in [6.45, 7) is 8.16. The van der Waals surface area contributed by atoms with Crippen LogP contribution >= 0.6 is 11.3 Å². The molecule has 1 aromatic carbocycles. The van der Waals surface area contributed by atoms with E-state index < -0.39 is 0 Å². The van der Waals surface area contributed by atoms with E-state index >= 15 is 0 Å². The van der Waals surface area contributed by atoms with Crippen LogP contribution in [0.25, 0.3) is 5.69 Å². The first-order valence-electron chi connectivity index (χ1n) is 7.65. The molecular weight excluding hydrogens is 322 g/mol. The molecule has 6 nitrogen and oxygen atoms in total. The maximum absolute atomic E-state index is 12.4. The first-order chi connectivity index (χ1) is 11.4. The fourth-order valence-corrected chi connectivity index (χ4v) is 3.16. The van der Waals surface area contributed by atoms with E-state index in [0.717, 1.165) is 22.0 Å². The van der Waals surface area contributed by atoms with Crippen LogP contribution in [0.3, 0.4) is 0 Å². The smallest absolute Gasteiger partial charge is 0.274 e. The summed E-state index contributed by atoms with van der Waals surface area (Å²) in [7, 11) is 0. The minimum Gasteiger partial charge on any atom is -0.344 e. The maximum Gasteiger partial charge on any atom is 0.274 e. The third-order valence-corrected chi connectivity index (χ3v) is 4.60. The zero-order valence-electron chi connectivity index (χ0n) is 14.1. The van der Waals surface area contributed by atoms with Gasteiger partial charge in [0.05, 0.1) is 17.9 Å². The second-order valence-corrected chi connectivity index (χ2v) is 6.72. The van der Waals surface area contributed by atoms with Crippen molar-refractivity contribution in [3.8, 4) is 5.69 Å². The van der Waals surface area contributed by atoms with E-state index in [1.807, 2.05) is 38.3 Å². The SMILES string of the molecule is Cc1ccc(-n2nc(C)c(C(=O)NCc3nc(C)cs3)n2)c(C)c1. The van der Waals surface area contributed by atoms with Crippen LogP contribution in [0, 0.1) is 27.7 Å². The number of aryl methyl sites for hydroxylation is 4. The third kappa shape index (κ3) is 3.35. The highest BCUT2D eigenvalue weighted by Crippen LogP contribution is 2.15. The van der Waals surface area contributed by atoms with E-state index in [4.69, 9.17) is 0 Å². The fraction of sp³-hybridized carbons (Fsp3) is 0.294. The minimum atomic E-state index is -0.239. The zero-order valence-corrected chi connectivity index (χ0v) is 14.9. The molecule has 0 aliphatic carbocycles. The Balaban J connectivity index is 1.79. The summed E-state index contributed by atoms with van der Waals surface area (Å²) < 4.78 is 0. The number of rotatable bonds is 4. The molecule has 2 heterocycles. The third-order valence-electron chi connectivity index (χ3n) is 3.63. The number of benzene rings is 1. The summed E-state index contributed by atoms with van der Waals surface area (Å²) in [4.78, 5) is 18.2. The molecule has 0 atom stereocenters. The average molecular weight is 341 g/mol. The Morgan fingerprint density at radius 2 is 2.00 bits per heavy atom. The van der Waals surface area contributed by atoms with E-state index in [0.29, 0.717) is 17.9 Å². The lowest BCUT2D eigenvalue weighted by Crippen LogP contribution is -2.24. The molecule has 0 radical (unpaired) electrons. The second kappa shape index (κ2) is 6.52. The quantitative estimate of drug-likeness (QED) is 0.792. The molecule has 0 saturated heterocycles. The molecule has 0 spiro atoms. The molecule has 0 fully saturated rings. The number of thiazole rings is 1. The lowest BCUT2D eigenvalue weighted by atomic mass is 10.1. The number of aromatic nitrogens is 4. The minimum absolute atomic E-state index is 0.239. The van der Waals surface area contributed by atoms with Crippen LogP contribution < -0.4 is 5.32 Å². The van der Waals surface area contributed by atoms with Gasteiger partial charge in [-0.05, 0) is 39.3 Å². The molecule has 0 unspecified atom stereocenters. The van der Waals surface area contributed by atoms with Crippen molar-refractivity contribution >= 4 is 17.2 Å². The normalized spacial score (nSPS) is 10.8. The fourth-order valence-electron chi connectivity index (χ4n) is 2.45. The summed E-state index contributed by atoms with van der Waals surface area (Å²) in [6.07, 6.45) is 0. The first-order valence-corrected chi connectivity index (χ1v) is 8.53. The van der Waals surface area contributed by atoms with Gasteiger partial charge >= 0.3 is 0 Å². The molecule has 2 aromatic heterocycles. The van der Waals surface area contributed by atoms with Gasteiger partial charge in [0.2, 0.25) is 0 Å². The van der Waals surface area contributed by atoms with Crippen LogP contribution in [0.1, 0.15) is 38.0 Å². The molecule has 1 N–H and O–H groups in total. The highest BCUT2D eigenvalue weighted by Gasteiger charge is 2.17. The predicted octanol–water partition coefficient (Wildman–Crippen LogP) is 2.89. The van der Waals surface area contributed by atoms with Crippen LogP contribution in [0.15, 0.2) is 23.6 Å². The van der Waals surface area contributed by atoms with Crippen molar-refractivity contribution < 1.29 is 4.79 Å². The topological polar surface area (TPSA) is 72.7 Å². The summed E-state index contributed by atoms with van der Waals surface area (Å²) in [5.74, 6) is -0.239. The monoisotopic (exact) mass is 341 g/mol. The van der Waals surface area contributed by atoms with E-state index in [1.165, 1.54) is 21.7 Å². The lowest BCUT2D eigenvalue weighted by Gasteiger charge is -2.05. The zero-order chi connectivity index (χ0) is 17.3. The van der Waals surface area contributed by atoms with Gasteiger partial charge in [0.25, 0.3) is 5.91 Å². The molecule has 7 heteroatoms. The van der Waals surface area contributed by atoms with Gasteiger partial charge < -0.3 is 5.32 Å². The summed E-state index contributed by atoms with van der Waals surface area (Å²) in [6, 6.07) is 6.04. The van der Waals surface area contributed by atoms with Gasteiger partial charge in [0.1, 0.15) is 5.01 Å². The predicted molar refractivity (Wildman–Crippen MR) is 93.6 cm³/mol. The summed E-state index contributed by atoms with van der Waals surface area (Å²) in [5, 5.41) is 14.4. The van der Waals surface area contributed by atoms with Crippen LogP contribution in [-0.2, 0) is 6.54 Å². The van der Waals surface area contributed by atoms with Gasteiger partial charge in [0.15, 0.2) is 5.69 Å². The van der Waals surface area contributed by atoms with Crippen molar-refractivity contribution in [3.63, 3.8) is 0 Å². The van der Waals surface area contributed by atoms with Gasteiger partial charge in [-0.25, -0.2) is 4.98 Å². The Bertz CT molecular complexity index is 896. The number of carbonyl (C=O) groups is 1. The van der Waals surface area contributed by atoms with Crippen LogP contribution in [0.5, 0.6) is 0 Å². The van der Waals surface area contributed by atoms with Crippen molar-refractivity contribution in [2.75, 3.05) is 0 Å². The van der Waals surface area contributed by atoms with Crippen molar-refractivity contribution in [1.29, 1.82) is 0 Å². The molecule has 0 aliphatic heterocycles. The Kier molecular flexibility index (Phi) is 4.44. The van der Waals surface area contributed by atoms with E-state index in [1.54, 1.807) is 6.92 Å². The van der Waals surface area contributed by atoms with E-state index in [-0.39, 0.29) is 5.91 Å². The van der Waals surface area contributed by atoms with Crippen molar-refractivity contribution in [2.45, 2.75) is 34.2 Å². The molecule has 3 rings (SSSR count). The van der Waals surface area contributed by atoms with Gasteiger partial charge in [0, 0.05) is 11.1 Å². The number of nitrogens with zero attached hydrogens (tertiary/aromatic N) is 4. The van der Waals surface area contributed by atoms with Crippen molar-refractivity contribution in [2.24, 2.45) is 0 Å². The highest BCUT2D eigenvalue weighted by molar-refractivity contribution is 7.09. The Labute approximate surface area is 144 Å². The molecule has 0 bridgehead atoms. The van der Waals surface area contributed by atoms with Gasteiger partial charge in [-0.2, -0.15) is 9.90 Å². The van der Waals surface area contributed by atoms with E-state index in [9.17, 15) is 4.79 Å². The number of carbonyl (C=O) groups excluding carboxylic acids is 1. The molecule has 24 heavy (non-hydrogen) atoms. The Hall–Kier alpha value is -2.54. The highest BCUT2D eigenvalue weighted by atomic mass is 32.1. The lowest BCUT2D eigenvalue weighted by molar-refractivity contribution is 0.0945. The maximum atomic E-state index is 12.4. The standard InChI is InChI=1S/C17H19N5OS/c1-10-5-6-14(11(2)7-10)22-20-13(4)16(21-22)17(23)18-8-15-19-12(3)9-24-15/h5-7,9H,8H2,1-4H3,(H,18,23). The molecule has 1 amide bonds. The molecule has 0 aliphatic rings. The average Bonchev–Trinajstić information content (AvgIpc) is 3.11. The van der Waals surface area contributed by atoms with Gasteiger partial charge in [-0.1, -0.05) is 17.7 Å². The van der Waals surface area contributed by atoms with Gasteiger partial charge in [-0.3, -0.25) is 4.79 Å². The Morgan fingerprint density at radius 1 is 1.21 bits per heavy atom. The van der Waals surface area contributed by atoms with E-state index in [2.05, 4.69) is 26.6 Å². The number of hydrogen-bond donors (Lipinski definition) is 1. The number of nitrogens with one attached hydrogen (secondary N) is 1. The first kappa shape index (κ1) is 16.3. The summed E-state index contributed by atoms with van der Waals surface area (Å²) >= 11 is 1.53. The number of amides is 1. The number of hydrogen-bond acceptors (Lipinski definition) is 5. The van der Waals surface area contributed by atoms with Crippen molar-refractivity contribution in [3.05, 3.63) is 56.8 Å². The summed E-state index contributed by atoms with van der Waals surface area (Å²) in [5.41, 5.74) is 5.01. The molecule has 0 saturated carbocycles. The molecule has 3 aromatic rings. The van der Waals surface area contributed by atoms with Crippen LogP contribution in [0.2, 0.25) is 0 Å². The van der Waals surface area contributed by atoms with Crippen LogP contribution in [-0.4, -0.2) is 25.9 Å².